The average Bonchev–Trinajstić information content (AvgIpc) is 3.22. The molecule has 0 aliphatic carbocycles. The van der Waals surface area contributed by atoms with Crippen molar-refractivity contribution in [1.29, 1.82) is 0 Å². The van der Waals surface area contributed by atoms with Crippen LogP contribution >= 0.6 is 0 Å². The summed E-state index contributed by atoms with van der Waals surface area (Å²) in [6.07, 6.45) is 2.63. The van der Waals surface area contributed by atoms with Crippen molar-refractivity contribution in [3.05, 3.63) is 70.7 Å². The third-order valence-electron chi connectivity index (χ3n) is 4.27. The summed E-state index contributed by atoms with van der Waals surface area (Å²) in [6, 6.07) is 12.5. The topological polar surface area (TPSA) is 127 Å². The number of rotatable bonds is 7. The number of nitrogens with one attached hydrogen (secondary N) is 2. The molecule has 0 aliphatic rings. The van der Waals surface area contributed by atoms with Crippen LogP contribution in [-0.2, 0) is 17.6 Å². The van der Waals surface area contributed by atoms with Crippen LogP contribution in [-0.4, -0.2) is 37.5 Å². The molecule has 0 saturated carbocycles. The summed E-state index contributed by atoms with van der Waals surface area (Å²) >= 11 is 0. The third kappa shape index (κ3) is 4.52. The predicted octanol–water partition coefficient (Wildman–Crippen LogP) is 1.66. The molecule has 4 aromatic rings. The van der Waals surface area contributed by atoms with Crippen molar-refractivity contribution >= 4 is 16.8 Å². The molecule has 3 aromatic heterocycles. The van der Waals surface area contributed by atoms with E-state index < -0.39 is 0 Å². The number of hydrogen-bond acceptors (Lipinski definition) is 7. The van der Waals surface area contributed by atoms with Crippen LogP contribution in [0.15, 0.2) is 58.0 Å². The molecule has 2 N–H and O–H groups in total. The van der Waals surface area contributed by atoms with Gasteiger partial charge in [0.1, 0.15) is 11.5 Å². The van der Waals surface area contributed by atoms with Crippen LogP contribution in [0, 0.1) is 0 Å². The molecule has 0 spiro atoms. The second kappa shape index (κ2) is 8.42. The highest BCUT2D eigenvalue weighted by Gasteiger charge is 2.10. The monoisotopic (exact) mass is 390 g/mol. The molecule has 0 radical (unpaired) electrons. The summed E-state index contributed by atoms with van der Waals surface area (Å²) in [4.78, 5) is 39.7. The Bertz CT molecular complexity index is 1190. The standard InChI is InChI=1S/C20H18N6O3/c27-17(9-8-16-23-14-6-2-1-5-13(14)20(28)24-16)22-12-10-18-25-19(26-29-18)15-7-3-4-11-21-15/h1-7,11H,8-10,12H2,(H,22,27)(H,23,24,28). The van der Waals surface area contributed by atoms with Gasteiger partial charge in [0.2, 0.25) is 17.6 Å². The summed E-state index contributed by atoms with van der Waals surface area (Å²) in [5.41, 5.74) is 1.04. The predicted molar refractivity (Wildman–Crippen MR) is 105 cm³/mol. The van der Waals surface area contributed by atoms with Crippen molar-refractivity contribution in [1.82, 2.24) is 30.4 Å². The average molecular weight is 390 g/mol. The van der Waals surface area contributed by atoms with Crippen LogP contribution in [0.5, 0.6) is 0 Å². The van der Waals surface area contributed by atoms with Crippen LogP contribution < -0.4 is 10.9 Å². The molecule has 9 nitrogen and oxygen atoms in total. The fourth-order valence-corrected chi connectivity index (χ4v) is 2.84. The maximum Gasteiger partial charge on any atom is 0.258 e. The first-order chi connectivity index (χ1) is 14.2. The van der Waals surface area contributed by atoms with E-state index in [0.717, 1.165) is 0 Å². The Hall–Kier alpha value is -3.88. The van der Waals surface area contributed by atoms with E-state index in [1.54, 1.807) is 30.5 Å². The molecule has 0 unspecified atom stereocenters. The van der Waals surface area contributed by atoms with Gasteiger partial charge in [-0.3, -0.25) is 14.6 Å². The SMILES string of the molecule is O=C(CCc1nc2ccccc2c(=O)[nH]1)NCCc1nc(-c2ccccn2)no1. The van der Waals surface area contributed by atoms with Crippen molar-refractivity contribution in [3.8, 4) is 11.5 Å². The smallest absolute Gasteiger partial charge is 0.258 e. The van der Waals surface area contributed by atoms with Gasteiger partial charge in [0.05, 0.1) is 10.9 Å². The molecule has 1 aromatic carbocycles. The number of H-pyrrole nitrogens is 1. The van der Waals surface area contributed by atoms with Gasteiger partial charge in [0, 0.05) is 32.0 Å². The Balaban J connectivity index is 1.27. The molecule has 3 heterocycles. The summed E-state index contributed by atoms with van der Waals surface area (Å²) in [6.45, 7) is 0.365. The van der Waals surface area contributed by atoms with E-state index >= 15 is 0 Å². The molecule has 0 fully saturated rings. The number of aromatic nitrogens is 5. The van der Waals surface area contributed by atoms with Gasteiger partial charge in [-0.25, -0.2) is 4.98 Å². The van der Waals surface area contributed by atoms with Crippen molar-refractivity contribution < 1.29 is 9.32 Å². The Morgan fingerprint density at radius 2 is 1.93 bits per heavy atom. The minimum Gasteiger partial charge on any atom is -0.356 e. The molecule has 0 aliphatic heterocycles. The second-order valence-electron chi connectivity index (χ2n) is 6.36. The second-order valence-corrected chi connectivity index (χ2v) is 6.36. The van der Waals surface area contributed by atoms with Gasteiger partial charge < -0.3 is 14.8 Å². The van der Waals surface area contributed by atoms with Crippen LogP contribution in [0.25, 0.3) is 22.4 Å². The van der Waals surface area contributed by atoms with Crippen LogP contribution in [0.1, 0.15) is 18.1 Å². The van der Waals surface area contributed by atoms with Gasteiger partial charge in [0.25, 0.3) is 5.56 Å². The van der Waals surface area contributed by atoms with Crippen molar-refractivity contribution in [2.75, 3.05) is 6.54 Å². The maximum atomic E-state index is 12.1. The zero-order chi connectivity index (χ0) is 20.1. The number of carbonyl (C=O) groups is 1. The quantitative estimate of drug-likeness (QED) is 0.491. The molecule has 146 valence electrons. The molecule has 4 rings (SSSR count). The number of pyridine rings is 1. The summed E-state index contributed by atoms with van der Waals surface area (Å²) in [7, 11) is 0. The molecule has 9 heteroatoms. The Morgan fingerprint density at radius 3 is 2.79 bits per heavy atom. The van der Waals surface area contributed by atoms with Crippen LogP contribution in [0.2, 0.25) is 0 Å². The first-order valence-corrected chi connectivity index (χ1v) is 9.18. The largest absolute Gasteiger partial charge is 0.356 e. The number of para-hydroxylation sites is 1. The molecular formula is C20H18N6O3. The number of aromatic amines is 1. The van der Waals surface area contributed by atoms with Gasteiger partial charge in [-0.1, -0.05) is 23.4 Å². The highest BCUT2D eigenvalue weighted by Crippen LogP contribution is 2.12. The lowest BCUT2D eigenvalue weighted by Gasteiger charge is -2.04. The Labute approximate surface area is 165 Å². The van der Waals surface area contributed by atoms with Gasteiger partial charge in [-0.15, -0.1) is 0 Å². The summed E-state index contributed by atoms with van der Waals surface area (Å²) in [5.74, 6) is 1.18. The Kier molecular flexibility index (Phi) is 5.37. The normalized spacial score (nSPS) is 10.9. The van der Waals surface area contributed by atoms with Gasteiger partial charge in [-0.2, -0.15) is 4.98 Å². The molecule has 0 bridgehead atoms. The lowest BCUT2D eigenvalue weighted by atomic mass is 10.2. The minimum atomic E-state index is -0.203. The number of hydrogen-bond donors (Lipinski definition) is 2. The van der Waals surface area contributed by atoms with Crippen molar-refractivity contribution in [2.45, 2.75) is 19.3 Å². The van der Waals surface area contributed by atoms with E-state index in [1.165, 1.54) is 0 Å². The lowest BCUT2D eigenvalue weighted by Crippen LogP contribution is -2.26. The number of benzene rings is 1. The van der Waals surface area contributed by atoms with E-state index in [-0.39, 0.29) is 17.9 Å². The third-order valence-corrected chi connectivity index (χ3v) is 4.27. The fraction of sp³-hybridized carbons (Fsp3) is 0.200. The van der Waals surface area contributed by atoms with Gasteiger partial charge in [0.15, 0.2) is 0 Å². The number of nitrogens with zero attached hydrogens (tertiary/aromatic N) is 4. The lowest BCUT2D eigenvalue weighted by molar-refractivity contribution is -0.121. The highest BCUT2D eigenvalue weighted by atomic mass is 16.5. The minimum absolute atomic E-state index is 0.148. The van der Waals surface area contributed by atoms with E-state index in [9.17, 15) is 9.59 Å². The van der Waals surface area contributed by atoms with E-state index in [4.69, 9.17) is 4.52 Å². The summed E-state index contributed by atoms with van der Waals surface area (Å²) in [5, 5.41) is 7.22. The maximum absolute atomic E-state index is 12.1. The molecule has 0 atom stereocenters. The molecular weight excluding hydrogens is 372 g/mol. The van der Waals surface area contributed by atoms with Gasteiger partial charge >= 0.3 is 0 Å². The zero-order valence-corrected chi connectivity index (χ0v) is 15.5. The van der Waals surface area contributed by atoms with Crippen molar-refractivity contribution in [3.63, 3.8) is 0 Å². The zero-order valence-electron chi connectivity index (χ0n) is 15.5. The van der Waals surface area contributed by atoms with Crippen LogP contribution in [0.4, 0.5) is 0 Å². The molecule has 1 amide bonds. The van der Waals surface area contributed by atoms with E-state index in [2.05, 4.69) is 30.4 Å². The molecule has 0 saturated heterocycles. The van der Waals surface area contributed by atoms with Crippen molar-refractivity contribution in [2.24, 2.45) is 0 Å². The number of carbonyl (C=O) groups excluding carboxylic acids is 1. The first-order valence-electron chi connectivity index (χ1n) is 9.18. The van der Waals surface area contributed by atoms with Crippen LogP contribution in [0.3, 0.4) is 0 Å². The number of fused-ring (bicyclic) bond motifs is 1. The highest BCUT2D eigenvalue weighted by molar-refractivity contribution is 5.78. The van der Waals surface area contributed by atoms with Gasteiger partial charge in [-0.05, 0) is 24.3 Å². The Morgan fingerprint density at radius 1 is 1.07 bits per heavy atom. The number of amides is 1. The summed E-state index contributed by atoms with van der Waals surface area (Å²) < 4.78 is 5.18. The van der Waals surface area contributed by atoms with E-state index in [1.807, 2.05) is 18.2 Å². The fourth-order valence-electron chi connectivity index (χ4n) is 2.84. The van der Waals surface area contributed by atoms with E-state index in [0.29, 0.717) is 53.5 Å². The molecule has 29 heavy (non-hydrogen) atoms. The first kappa shape index (κ1) is 18.5. The number of aryl methyl sites for hydroxylation is 1.